The molecular formula is C21H23BrN4O2S. The van der Waals surface area contributed by atoms with E-state index in [0.717, 1.165) is 39.6 Å². The summed E-state index contributed by atoms with van der Waals surface area (Å²) in [6.45, 7) is 2.11. The number of nitrogens with zero attached hydrogens (tertiary/aromatic N) is 4. The zero-order valence-corrected chi connectivity index (χ0v) is 19.0. The van der Waals surface area contributed by atoms with Crippen molar-refractivity contribution in [3.63, 3.8) is 0 Å². The molecule has 0 radical (unpaired) electrons. The van der Waals surface area contributed by atoms with E-state index in [-0.39, 0.29) is 0 Å². The molecule has 1 aromatic heterocycles. The third-order valence-electron chi connectivity index (χ3n) is 4.18. The first-order chi connectivity index (χ1) is 14.2. The average molecular weight is 475 g/mol. The summed E-state index contributed by atoms with van der Waals surface area (Å²) in [6.07, 6.45) is 3.53. The first-order valence-electron chi connectivity index (χ1n) is 9.23. The molecule has 0 aliphatic heterocycles. The molecule has 3 aromatic rings. The van der Waals surface area contributed by atoms with Gasteiger partial charge in [-0.3, -0.25) is 0 Å². The molecule has 2 aromatic carbocycles. The van der Waals surface area contributed by atoms with E-state index in [0.29, 0.717) is 11.5 Å². The Bertz CT molecular complexity index is 973. The van der Waals surface area contributed by atoms with Crippen LogP contribution in [0.25, 0.3) is 0 Å². The number of rotatable bonds is 9. The van der Waals surface area contributed by atoms with Crippen molar-refractivity contribution >= 4 is 33.9 Å². The van der Waals surface area contributed by atoms with Gasteiger partial charge in [0.1, 0.15) is 0 Å². The number of aromatic nitrogens is 3. The van der Waals surface area contributed by atoms with Crippen molar-refractivity contribution < 1.29 is 9.47 Å². The molecule has 0 saturated carbocycles. The van der Waals surface area contributed by atoms with Gasteiger partial charge >= 0.3 is 0 Å². The Morgan fingerprint density at radius 2 is 1.90 bits per heavy atom. The number of thioether (sulfide) groups is 1. The second kappa shape index (κ2) is 10.5. The summed E-state index contributed by atoms with van der Waals surface area (Å²) in [5.41, 5.74) is 2.04. The fraction of sp³-hybridized carbons (Fsp3) is 0.286. The molecule has 3 rings (SSSR count). The molecule has 6 nitrogen and oxygen atoms in total. The van der Waals surface area contributed by atoms with Gasteiger partial charge in [-0.1, -0.05) is 52.8 Å². The Kier molecular flexibility index (Phi) is 7.71. The lowest BCUT2D eigenvalue weighted by molar-refractivity contribution is 0.354. The van der Waals surface area contributed by atoms with Crippen LogP contribution in [0, 0.1) is 0 Å². The molecule has 0 bridgehead atoms. The van der Waals surface area contributed by atoms with Gasteiger partial charge in [-0.2, -0.15) is 9.78 Å². The minimum atomic E-state index is 0.646. The van der Waals surface area contributed by atoms with E-state index >= 15 is 0 Å². The molecule has 152 valence electrons. The van der Waals surface area contributed by atoms with E-state index in [2.05, 4.69) is 50.3 Å². The van der Waals surface area contributed by atoms with Gasteiger partial charge in [0.25, 0.3) is 0 Å². The monoisotopic (exact) mass is 474 g/mol. The fourth-order valence-electron chi connectivity index (χ4n) is 2.74. The minimum absolute atomic E-state index is 0.646. The zero-order valence-electron chi connectivity index (χ0n) is 16.6. The molecule has 0 fully saturated rings. The van der Waals surface area contributed by atoms with Gasteiger partial charge in [-0.25, -0.2) is 0 Å². The van der Waals surface area contributed by atoms with E-state index in [9.17, 15) is 0 Å². The molecule has 0 spiro atoms. The van der Waals surface area contributed by atoms with Crippen LogP contribution in [0.1, 0.15) is 30.3 Å². The van der Waals surface area contributed by atoms with Gasteiger partial charge in [0.15, 0.2) is 17.3 Å². The number of hydrogen-bond acceptors (Lipinski definition) is 6. The highest BCUT2D eigenvalue weighted by atomic mass is 79.9. The molecule has 1 heterocycles. The Labute approximate surface area is 183 Å². The molecule has 0 atom stereocenters. The molecule has 0 unspecified atom stereocenters. The van der Waals surface area contributed by atoms with Crippen LogP contribution in [-0.2, 0) is 12.2 Å². The van der Waals surface area contributed by atoms with E-state index in [1.165, 1.54) is 5.56 Å². The summed E-state index contributed by atoms with van der Waals surface area (Å²) < 4.78 is 13.7. The Morgan fingerprint density at radius 3 is 2.59 bits per heavy atom. The molecule has 0 saturated heterocycles. The first kappa shape index (κ1) is 21.4. The maximum atomic E-state index is 5.49. The number of methoxy groups -OCH3 is 2. The van der Waals surface area contributed by atoms with Crippen molar-refractivity contribution in [2.45, 2.75) is 30.7 Å². The largest absolute Gasteiger partial charge is 0.493 e. The first-order valence-corrected chi connectivity index (χ1v) is 11.0. The molecular weight excluding hydrogens is 452 g/mol. The molecule has 0 N–H and O–H groups in total. The van der Waals surface area contributed by atoms with Gasteiger partial charge in [-0.05, 0) is 36.2 Å². The second-order valence-electron chi connectivity index (χ2n) is 6.20. The van der Waals surface area contributed by atoms with Crippen LogP contribution in [0.2, 0.25) is 0 Å². The average Bonchev–Trinajstić information content (AvgIpc) is 3.13. The van der Waals surface area contributed by atoms with Crippen LogP contribution in [0.4, 0.5) is 0 Å². The van der Waals surface area contributed by atoms with Crippen molar-refractivity contribution in [3.8, 4) is 11.5 Å². The predicted octanol–water partition coefficient (Wildman–Crippen LogP) is 5.18. The molecule has 29 heavy (non-hydrogen) atoms. The van der Waals surface area contributed by atoms with E-state index in [1.807, 2.05) is 35.0 Å². The van der Waals surface area contributed by atoms with Crippen LogP contribution in [0.5, 0.6) is 11.5 Å². The second-order valence-corrected chi connectivity index (χ2v) is 8.06. The normalized spacial score (nSPS) is 11.2. The Morgan fingerprint density at radius 1 is 1.10 bits per heavy atom. The lowest BCUT2D eigenvalue weighted by atomic mass is 10.2. The quantitative estimate of drug-likeness (QED) is 0.315. The van der Waals surface area contributed by atoms with Gasteiger partial charge in [-0.15, -0.1) is 10.2 Å². The summed E-state index contributed by atoms with van der Waals surface area (Å²) in [5.74, 6) is 2.94. The van der Waals surface area contributed by atoms with Crippen molar-refractivity contribution in [1.29, 1.82) is 0 Å². The maximum absolute atomic E-state index is 5.49. The molecule has 0 aliphatic carbocycles. The summed E-state index contributed by atoms with van der Waals surface area (Å²) in [7, 11) is 3.24. The third-order valence-corrected chi connectivity index (χ3v) is 5.70. The van der Waals surface area contributed by atoms with Crippen LogP contribution < -0.4 is 9.47 Å². The standard InChI is InChI=1S/C21H23BrN4O2S/c1-4-6-19-24-25-21(29-14-15-9-11-17(22)12-10-15)26(19)23-13-16-7-5-8-18(27-2)20(16)28-3/h5,7-13H,4,6,14H2,1-3H3/b23-13+. The number of benzene rings is 2. The number of halogens is 1. The summed E-state index contributed by atoms with van der Waals surface area (Å²) in [6, 6.07) is 14.0. The van der Waals surface area contributed by atoms with Crippen LogP contribution in [0.15, 0.2) is 57.2 Å². The lowest BCUT2D eigenvalue weighted by Crippen LogP contribution is -2.01. The fourth-order valence-corrected chi connectivity index (χ4v) is 3.87. The Balaban J connectivity index is 1.86. The minimum Gasteiger partial charge on any atom is -0.493 e. The number of ether oxygens (including phenoxy) is 2. The summed E-state index contributed by atoms with van der Waals surface area (Å²) >= 11 is 5.08. The van der Waals surface area contributed by atoms with Crippen LogP contribution in [-0.4, -0.2) is 35.3 Å². The lowest BCUT2D eigenvalue weighted by Gasteiger charge is -2.10. The number of hydrogen-bond donors (Lipinski definition) is 0. The third kappa shape index (κ3) is 5.39. The Hall–Kier alpha value is -2.32. The zero-order chi connectivity index (χ0) is 20.6. The van der Waals surface area contributed by atoms with Gasteiger partial charge in [0, 0.05) is 22.2 Å². The topological polar surface area (TPSA) is 61.5 Å². The van der Waals surface area contributed by atoms with Crippen molar-refractivity contribution in [2.24, 2.45) is 5.10 Å². The molecule has 8 heteroatoms. The smallest absolute Gasteiger partial charge is 0.212 e. The summed E-state index contributed by atoms with van der Waals surface area (Å²) in [5, 5.41) is 14.1. The highest BCUT2D eigenvalue weighted by Crippen LogP contribution is 2.30. The van der Waals surface area contributed by atoms with Gasteiger partial charge < -0.3 is 9.47 Å². The van der Waals surface area contributed by atoms with Gasteiger partial charge in [0.2, 0.25) is 5.16 Å². The molecule has 0 aliphatic rings. The molecule has 0 amide bonds. The van der Waals surface area contributed by atoms with Crippen LogP contribution >= 0.6 is 27.7 Å². The number of aryl methyl sites for hydroxylation is 1. The number of para-hydroxylation sites is 1. The van der Waals surface area contributed by atoms with Crippen molar-refractivity contribution in [3.05, 3.63) is 63.9 Å². The SMILES string of the molecule is CCCc1nnc(SCc2ccc(Br)cc2)n1/N=C/c1cccc(OC)c1OC. The van der Waals surface area contributed by atoms with Gasteiger partial charge in [0.05, 0.1) is 20.4 Å². The van der Waals surface area contributed by atoms with E-state index in [1.54, 1.807) is 32.2 Å². The summed E-state index contributed by atoms with van der Waals surface area (Å²) in [4.78, 5) is 0. The highest BCUT2D eigenvalue weighted by Gasteiger charge is 2.13. The highest BCUT2D eigenvalue weighted by molar-refractivity contribution is 9.10. The predicted molar refractivity (Wildman–Crippen MR) is 120 cm³/mol. The van der Waals surface area contributed by atoms with E-state index in [4.69, 9.17) is 9.47 Å². The van der Waals surface area contributed by atoms with Crippen LogP contribution in [0.3, 0.4) is 0 Å². The van der Waals surface area contributed by atoms with Crippen molar-refractivity contribution in [2.75, 3.05) is 14.2 Å². The van der Waals surface area contributed by atoms with E-state index < -0.39 is 0 Å². The maximum Gasteiger partial charge on any atom is 0.212 e. The van der Waals surface area contributed by atoms with Crippen molar-refractivity contribution in [1.82, 2.24) is 14.9 Å².